The minimum absolute atomic E-state index is 0.0119. The van der Waals surface area contributed by atoms with Gasteiger partial charge in [-0.05, 0) is 94.2 Å². The van der Waals surface area contributed by atoms with Crippen LogP contribution < -0.4 is 70.4 Å². The number of nitrogens with one attached hydrogen (secondary N) is 11. The van der Waals surface area contributed by atoms with Crippen LogP contribution in [0.1, 0.15) is 110 Å². The van der Waals surface area contributed by atoms with E-state index in [0.29, 0.717) is 23.4 Å². The van der Waals surface area contributed by atoms with Crippen molar-refractivity contribution in [2.24, 2.45) is 29.0 Å². The van der Waals surface area contributed by atoms with Gasteiger partial charge in [-0.2, -0.15) is 11.8 Å². The Kier molecular flexibility index (Phi) is 34.7. The van der Waals surface area contributed by atoms with Crippen LogP contribution in [0.5, 0.6) is 0 Å². The number of unbranched alkanes of at least 4 members (excludes halogenated alkanes) is 1. The molecule has 1 aromatic heterocycles. The molecule has 0 aliphatic rings. The molecule has 0 radical (unpaired) electrons. The van der Waals surface area contributed by atoms with E-state index in [1.54, 1.807) is 50.4 Å². The molecule has 0 bridgehead atoms. The molecule has 0 aliphatic heterocycles. The number of carbonyl (C=O) groups is 13. The molecule has 2 rings (SSSR count). The quantitative estimate of drug-likeness (QED) is 0.0283. The van der Waals surface area contributed by atoms with E-state index >= 15 is 0 Å². The van der Waals surface area contributed by atoms with Gasteiger partial charge < -0.3 is 90.7 Å². The number of aromatic nitrogens is 2. The first-order valence-corrected chi connectivity index (χ1v) is 30.3. The van der Waals surface area contributed by atoms with Crippen molar-refractivity contribution in [1.29, 1.82) is 0 Å². The zero-order chi connectivity index (χ0) is 66.0. The van der Waals surface area contributed by atoms with Crippen molar-refractivity contribution in [2.75, 3.05) is 31.7 Å². The van der Waals surface area contributed by atoms with E-state index in [1.165, 1.54) is 31.2 Å². The molecule has 1 heterocycles. The highest BCUT2D eigenvalue weighted by atomic mass is 32.2. The smallest absolute Gasteiger partial charge is 0.326 e. The first-order valence-electron chi connectivity index (χ1n) is 28.9. The highest BCUT2D eigenvalue weighted by molar-refractivity contribution is 7.98. The average Bonchev–Trinajstić information content (AvgIpc) is 4.10. The van der Waals surface area contributed by atoms with Crippen molar-refractivity contribution in [3.63, 3.8) is 0 Å². The molecule has 31 nitrogen and oxygen atoms in total. The van der Waals surface area contributed by atoms with Gasteiger partial charge in [-0.3, -0.25) is 57.5 Å². The standard InChI is InChI=1S/C56H89N15O16S/c1-30(2)22-35(58)48(78)65-37(15-17-44(59)73)51(81)69-41(25-34-26-60-29-62-34)54(84)71-43(28-72)55(85)68-40(23-31(3)4)53(83)66-36(14-10-11-20-57)50(80)67-38(16-18-46(75)76)49(79)63-32(5)47(77)61-27-45(74)64-39(19-21-88-6)52(82)70-42(56(86)87)24-33-12-8-7-9-13-33/h7-9,12-13,26,29-32,35-43,72H,10-11,14-25,27-28,57-58H2,1-6H3,(H2,59,73)(H,60,62)(H,61,77)(H,63,79)(H,64,74)(H,65,78)(H,66,83)(H,67,80)(H,68,85)(H,69,81)(H,70,82)(H,71,84)(H,75,76)(H,86,87)/t32-,35-,36-,37-,38-,39-,40-,41-,42-,43-/m0/s1. The van der Waals surface area contributed by atoms with Crippen molar-refractivity contribution in [3.8, 4) is 0 Å². The maximum atomic E-state index is 14.2. The van der Waals surface area contributed by atoms with Crippen molar-refractivity contribution < 1.29 is 77.6 Å². The van der Waals surface area contributed by atoms with E-state index in [2.05, 4.69) is 63.1 Å². The molecule has 10 atom stereocenters. The third-order valence-electron chi connectivity index (χ3n) is 13.3. The Morgan fingerprint density at radius 1 is 0.568 bits per heavy atom. The van der Waals surface area contributed by atoms with Gasteiger partial charge in [-0.1, -0.05) is 58.0 Å². The van der Waals surface area contributed by atoms with Crippen LogP contribution in [0, 0.1) is 11.8 Å². The van der Waals surface area contributed by atoms with Crippen LogP contribution >= 0.6 is 11.8 Å². The number of hydrogen-bond donors (Lipinski definition) is 17. The van der Waals surface area contributed by atoms with E-state index in [0.717, 1.165) is 0 Å². The van der Waals surface area contributed by atoms with Crippen molar-refractivity contribution in [1.82, 2.24) is 63.1 Å². The third-order valence-corrected chi connectivity index (χ3v) is 14.0. The first-order chi connectivity index (χ1) is 41.6. The number of thioether (sulfide) groups is 1. The number of nitrogens with two attached hydrogens (primary N) is 3. The Labute approximate surface area is 514 Å². The van der Waals surface area contributed by atoms with Crippen LogP contribution in [0.15, 0.2) is 42.9 Å². The normalized spacial score (nSPS) is 14.5. The number of aliphatic carboxylic acids is 2. The van der Waals surface area contributed by atoms with E-state index < -0.39 is 163 Å². The number of rotatable bonds is 43. The van der Waals surface area contributed by atoms with Crippen LogP contribution in [0.2, 0.25) is 0 Å². The van der Waals surface area contributed by atoms with Crippen LogP contribution in [0.4, 0.5) is 0 Å². The summed E-state index contributed by atoms with van der Waals surface area (Å²) in [5, 5.41) is 54.4. The zero-order valence-corrected chi connectivity index (χ0v) is 51.3. The molecule has 0 saturated carbocycles. The lowest BCUT2D eigenvalue weighted by molar-refractivity contribution is -0.142. The molecule has 0 saturated heterocycles. The van der Waals surface area contributed by atoms with Gasteiger partial charge in [0.2, 0.25) is 65.0 Å². The number of H-pyrrole nitrogens is 1. The topological polar surface area (TPSA) is 510 Å². The summed E-state index contributed by atoms with van der Waals surface area (Å²) in [4.78, 5) is 179. The number of nitrogens with zero attached hydrogens (tertiary/aromatic N) is 1. The second-order valence-corrected chi connectivity index (χ2v) is 22.8. The first kappa shape index (κ1) is 75.9. The Morgan fingerprint density at radius 2 is 1.07 bits per heavy atom. The molecule has 0 aliphatic carbocycles. The molecule has 2 aromatic rings. The van der Waals surface area contributed by atoms with E-state index in [9.17, 15) is 77.6 Å². The average molecular weight is 1260 g/mol. The summed E-state index contributed by atoms with van der Waals surface area (Å²) in [5.41, 5.74) is 18.1. The minimum Gasteiger partial charge on any atom is -0.481 e. The van der Waals surface area contributed by atoms with Gasteiger partial charge in [-0.15, -0.1) is 0 Å². The number of primary amides is 1. The van der Waals surface area contributed by atoms with E-state index in [1.807, 2.05) is 13.8 Å². The number of amides is 11. The summed E-state index contributed by atoms with van der Waals surface area (Å²) in [6, 6.07) is -5.57. The lowest BCUT2D eigenvalue weighted by atomic mass is 10.0. The van der Waals surface area contributed by atoms with Crippen LogP contribution in [-0.2, 0) is 75.2 Å². The molecular weight excluding hydrogens is 1170 g/mol. The van der Waals surface area contributed by atoms with E-state index in [-0.39, 0.29) is 76.2 Å². The van der Waals surface area contributed by atoms with Crippen LogP contribution in [-0.4, -0.2) is 194 Å². The number of aliphatic hydroxyl groups excluding tert-OH is 1. The Bertz CT molecular complexity index is 2630. The highest BCUT2D eigenvalue weighted by Crippen LogP contribution is 2.12. The Balaban J connectivity index is 2.28. The maximum absolute atomic E-state index is 14.2. The summed E-state index contributed by atoms with van der Waals surface area (Å²) >= 11 is 1.36. The van der Waals surface area contributed by atoms with Gasteiger partial charge in [0.15, 0.2) is 0 Å². The predicted octanol–water partition coefficient (Wildman–Crippen LogP) is -3.80. The fourth-order valence-electron chi connectivity index (χ4n) is 8.60. The molecule has 1 aromatic carbocycles. The number of carbonyl (C=O) groups excluding carboxylic acids is 11. The number of aromatic amines is 1. The van der Waals surface area contributed by atoms with Gasteiger partial charge in [0, 0.05) is 37.6 Å². The number of aliphatic hydroxyl groups is 1. The molecule has 490 valence electrons. The number of imidazole rings is 1. The molecule has 0 spiro atoms. The number of hydrogen-bond acceptors (Lipinski definition) is 18. The lowest BCUT2D eigenvalue weighted by Crippen LogP contribution is -2.61. The minimum atomic E-state index is -1.76. The lowest BCUT2D eigenvalue weighted by Gasteiger charge is -2.28. The van der Waals surface area contributed by atoms with Gasteiger partial charge in [-0.25, -0.2) is 9.78 Å². The molecule has 0 unspecified atom stereocenters. The predicted molar refractivity (Wildman–Crippen MR) is 321 cm³/mol. The van der Waals surface area contributed by atoms with Crippen molar-refractivity contribution in [3.05, 3.63) is 54.1 Å². The van der Waals surface area contributed by atoms with Gasteiger partial charge in [0.05, 0.1) is 25.5 Å². The van der Waals surface area contributed by atoms with E-state index in [4.69, 9.17) is 17.2 Å². The zero-order valence-electron chi connectivity index (χ0n) is 50.5. The van der Waals surface area contributed by atoms with Crippen molar-refractivity contribution in [2.45, 2.75) is 172 Å². The molecule has 88 heavy (non-hydrogen) atoms. The Morgan fingerprint density at radius 3 is 1.60 bits per heavy atom. The SMILES string of the molecule is CSCC[C@H](NC(=O)CNC(=O)[C@H](C)NC(=O)[C@H](CCC(=O)O)NC(=O)[C@H](CCCCN)NC(=O)[C@H](CC(C)C)NC(=O)[C@H](CO)NC(=O)[C@H](Cc1cnc[nH]1)NC(=O)[C@H](CCC(N)=O)NC(=O)[C@@H](N)CC(C)C)C(=O)N[C@@H](Cc1ccccc1)C(=O)O. The monoisotopic (exact) mass is 1260 g/mol. The largest absolute Gasteiger partial charge is 0.481 e. The second-order valence-electron chi connectivity index (χ2n) is 21.9. The number of carboxylic acids is 2. The fraction of sp³-hybridized carbons (Fsp3) is 0.607. The summed E-state index contributed by atoms with van der Waals surface area (Å²) < 4.78 is 0. The van der Waals surface area contributed by atoms with Crippen LogP contribution in [0.3, 0.4) is 0 Å². The fourth-order valence-corrected chi connectivity index (χ4v) is 9.07. The molecule has 32 heteroatoms. The molecule has 0 fully saturated rings. The van der Waals surface area contributed by atoms with Gasteiger partial charge >= 0.3 is 11.9 Å². The van der Waals surface area contributed by atoms with Crippen LogP contribution in [0.25, 0.3) is 0 Å². The number of benzene rings is 1. The summed E-state index contributed by atoms with van der Waals surface area (Å²) in [7, 11) is 0. The number of carboxylic acid groups (broad SMARTS) is 2. The third kappa shape index (κ3) is 29.4. The summed E-state index contributed by atoms with van der Waals surface area (Å²) in [6.07, 6.45) is 3.15. The highest BCUT2D eigenvalue weighted by Gasteiger charge is 2.35. The summed E-state index contributed by atoms with van der Waals surface area (Å²) in [6.45, 7) is 6.78. The summed E-state index contributed by atoms with van der Waals surface area (Å²) in [5.74, 6) is -12.5. The van der Waals surface area contributed by atoms with Crippen molar-refractivity contribution >= 4 is 88.7 Å². The second kappa shape index (κ2) is 40.3. The molecule has 20 N–H and O–H groups in total. The van der Waals surface area contributed by atoms with Gasteiger partial charge in [0.25, 0.3) is 0 Å². The maximum Gasteiger partial charge on any atom is 0.326 e. The van der Waals surface area contributed by atoms with Gasteiger partial charge in [0.1, 0.15) is 54.4 Å². The molecule has 11 amide bonds. The molecular formula is C56H89N15O16S. The Hall–Kier alpha value is -8.23.